The van der Waals surface area contributed by atoms with E-state index in [0.29, 0.717) is 30.2 Å². The Bertz CT molecular complexity index is 2620. The van der Waals surface area contributed by atoms with Crippen molar-refractivity contribution in [3.63, 3.8) is 0 Å². The summed E-state index contributed by atoms with van der Waals surface area (Å²) in [6.07, 6.45) is 5.40. The number of rotatable bonds is 12. The number of likely N-dealkylation sites (tertiary alicyclic amines) is 2. The summed E-state index contributed by atoms with van der Waals surface area (Å²) in [6.45, 7) is 4.91. The van der Waals surface area contributed by atoms with Gasteiger partial charge in [0.2, 0.25) is 5.91 Å². The van der Waals surface area contributed by atoms with Crippen molar-refractivity contribution >= 4 is 34.8 Å². The number of hydrogen-bond acceptors (Lipinski definition) is 9. The van der Waals surface area contributed by atoms with Gasteiger partial charge in [0.25, 0.3) is 5.91 Å². The number of alkyl carbamates (subject to hydrolysis) is 2. The van der Waals surface area contributed by atoms with Crippen LogP contribution in [0.5, 0.6) is 5.75 Å². The zero-order valence-electron chi connectivity index (χ0n) is 36.0. The monoisotopic (exact) mass is 852 g/mol. The molecule has 15 nitrogen and oxygen atoms in total. The summed E-state index contributed by atoms with van der Waals surface area (Å²) in [5, 5.41) is 7.58. The number of carbonyl (C=O) groups excluding carboxylic acids is 4. The summed E-state index contributed by atoms with van der Waals surface area (Å²) in [5.74, 6) is 1.36. The van der Waals surface area contributed by atoms with E-state index in [1.165, 1.54) is 21.3 Å². The van der Waals surface area contributed by atoms with Gasteiger partial charge in [-0.15, -0.1) is 0 Å². The maximum absolute atomic E-state index is 14.1. The zero-order valence-corrected chi connectivity index (χ0v) is 36.0. The molecule has 2 fully saturated rings. The first-order valence-corrected chi connectivity index (χ1v) is 21.2. The van der Waals surface area contributed by atoms with Gasteiger partial charge in [0.05, 0.1) is 57.2 Å². The molecule has 63 heavy (non-hydrogen) atoms. The number of H-pyrrole nitrogens is 2. The first-order chi connectivity index (χ1) is 30.6. The first-order valence-electron chi connectivity index (χ1n) is 21.2. The zero-order chi connectivity index (χ0) is 44.2. The Morgan fingerprint density at radius 2 is 1.17 bits per heavy atom. The molecule has 326 valence electrons. The highest BCUT2D eigenvalue weighted by Gasteiger charge is 2.39. The maximum atomic E-state index is 14.1. The number of nitrogens with zero attached hydrogens (tertiary/aromatic N) is 4. The molecule has 0 bridgehead atoms. The molecule has 6 aromatic rings. The number of aromatic amines is 2. The van der Waals surface area contributed by atoms with Gasteiger partial charge >= 0.3 is 12.2 Å². The van der Waals surface area contributed by atoms with Gasteiger partial charge in [0.1, 0.15) is 29.5 Å². The lowest BCUT2D eigenvalue weighted by Crippen LogP contribution is -2.51. The number of para-hydroxylation sites is 1. The molecule has 4 heterocycles. The highest BCUT2D eigenvalue weighted by atomic mass is 16.5. The molecule has 4 atom stereocenters. The van der Waals surface area contributed by atoms with Crippen LogP contribution in [0.3, 0.4) is 0 Å². The third-order valence-electron chi connectivity index (χ3n) is 12.1. The molecule has 2 saturated heterocycles. The van der Waals surface area contributed by atoms with Crippen LogP contribution in [0.25, 0.3) is 44.4 Å². The molecule has 4 aromatic carbocycles. The number of aromatic nitrogens is 4. The Labute approximate surface area is 365 Å². The van der Waals surface area contributed by atoms with Crippen molar-refractivity contribution in [2.45, 2.75) is 63.7 Å². The van der Waals surface area contributed by atoms with Crippen molar-refractivity contribution in [1.29, 1.82) is 0 Å². The number of fused-ring (bicyclic) bond motifs is 1. The number of methoxy groups -OCH3 is 3. The molecule has 0 saturated carbocycles. The first kappa shape index (κ1) is 42.5. The van der Waals surface area contributed by atoms with Crippen molar-refractivity contribution in [2.24, 2.45) is 5.92 Å². The van der Waals surface area contributed by atoms with Crippen LogP contribution in [0, 0.1) is 5.92 Å². The third kappa shape index (κ3) is 8.81. The van der Waals surface area contributed by atoms with Gasteiger partial charge in [-0.3, -0.25) is 9.59 Å². The van der Waals surface area contributed by atoms with Crippen LogP contribution >= 0.6 is 0 Å². The minimum Gasteiger partial charge on any atom is -0.496 e. The second kappa shape index (κ2) is 18.4. The normalized spacial score (nSPS) is 17.1. The quantitative estimate of drug-likeness (QED) is 0.0945. The Hall–Kier alpha value is -7.16. The van der Waals surface area contributed by atoms with E-state index < -0.39 is 24.3 Å². The Morgan fingerprint density at radius 3 is 1.78 bits per heavy atom. The number of amides is 4. The van der Waals surface area contributed by atoms with E-state index in [-0.39, 0.29) is 29.8 Å². The van der Waals surface area contributed by atoms with Gasteiger partial charge in [-0.05, 0) is 77.3 Å². The van der Waals surface area contributed by atoms with Crippen LogP contribution in [0.4, 0.5) is 9.59 Å². The molecular formula is C48H52N8O7. The lowest BCUT2D eigenvalue weighted by molar-refractivity contribution is -0.136. The van der Waals surface area contributed by atoms with E-state index in [2.05, 4.69) is 81.3 Å². The highest BCUT2D eigenvalue weighted by Crippen LogP contribution is 2.37. The topological polar surface area (TPSA) is 184 Å². The smallest absolute Gasteiger partial charge is 0.407 e. The molecule has 8 rings (SSSR count). The molecule has 15 heteroatoms. The molecule has 2 aliphatic heterocycles. The number of carbonyl (C=O) groups is 4. The largest absolute Gasteiger partial charge is 0.496 e. The Balaban J connectivity index is 0.947. The fraction of sp³-hybridized carbons (Fsp3) is 0.333. The predicted octanol–water partition coefficient (Wildman–Crippen LogP) is 8.10. The van der Waals surface area contributed by atoms with Crippen LogP contribution in [0.2, 0.25) is 0 Å². The standard InChI is InChI=1S/C48H52N8O7/c1-28(2)41(53-47(59)62-4)45(57)55-22-8-11-38(55)44-50-27-37(52-44)34-21-20-32-24-31(18-19-33(32)25-34)29-14-16-30(17-15-29)36-26-49-43(51-36)39-12-9-23-56(39)46(58)42(54-48(60)63-5)35-10-6-7-13-40(35)61-3/h6-7,10,13-21,24-28,38-39,41-42H,8-9,11-12,22-23H2,1-5H3,(H,49,51)(H,50,52)(H,53,59)(H,54,60)/t38-,39-,41?,42-/m0/s1. The summed E-state index contributed by atoms with van der Waals surface area (Å²) < 4.78 is 15.2. The summed E-state index contributed by atoms with van der Waals surface area (Å²) in [6, 6.07) is 25.9. The van der Waals surface area contributed by atoms with Gasteiger partial charge < -0.3 is 44.6 Å². The maximum Gasteiger partial charge on any atom is 0.407 e. The summed E-state index contributed by atoms with van der Waals surface area (Å²) in [5.41, 5.74) is 6.32. The van der Waals surface area contributed by atoms with Crippen molar-refractivity contribution in [3.8, 4) is 39.4 Å². The van der Waals surface area contributed by atoms with E-state index in [1.807, 2.05) is 31.0 Å². The van der Waals surface area contributed by atoms with E-state index in [9.17, 15) is 19.2 Å². The summed E-state index contributed by atoms with van der Waals surface area (Å²) >= 11 is 0. The lowest BCUT2D eigenvalue weighted by atomic mass is 9.98. The van der Waals surface area contributed by atoms with E-state index in [1.54, 1.807) is 29.3 Å². The number of ether oxygens (including phenoxy) is 3. The molecule has 2 aliphatic rings. The van der Waals surface area contributed by atoms with Crippen molar-refractivity contribution in [2.75, 3.05) is 34.4 Å². The van der Waals surface area contributed by atoms with Crippen LogP contribution < -0.4 is 15.4 Å². The van der Waals surface area contributed by atoms with E-state index in [4.69, 9.17) is 24.2 Å². The van der Waals surface area contributed by atoms with Crippen molar-refractivity contribution in [1.82, 2.24) is 40.4 Å². The SMILES string of the molecule is COC(=O)NC(C(=O)N1CCC[C@H]1c1ncc(-c2ccc3cc(-c4ccc(-c5cnc([C@@H]6CCCN6C(=O)[C@@H](NC(=O)OC)c6ccccc6OC)[nH]5)cc4)ccc3c2)[nH]1)C(C)C. The lowest BCUT2D eigenvalue weighted by Gasteiger charge is -2.30. The third-order valence-corrected chi connectivity index (χ3v) is 12.1. The van der Waals surface area contributed by atoms with E-state index in [0.717, 1.165) is 75.9 Å². The Morgan fingerprint density at radius 1 is 0.651 bits per heavy atom. The molecule has 1 unspecified atom stereocenters. The molecule has 0 spiro atoms. The number of benzene rings is 4. The fourth-order valence-electron chi connectivity index (χ4n) is 8.77. The van der Waals surface area contributed by atoms with Crippen molar-refractivity contribution < 1.29 is 33.4 Å². The van der Waals surface area contributed by atoms with Gasteiger partial charge in [0, 0.05) is 24.2 Å². The second-order valence-corrected chi connectivity index (χ2v) is 16.3. The molecule has 0 aliphatic carbocycles. The number of hydrogen-bond donors (Lipinski definition) is 4. The predicted molar refractivity (Wildman–Crippen MR) is 237 cm³/mol. The van der Waals surface area contributed by atoms with Gasteiger partial charge in [0.15, 0.2) is 0 Å². The van der Waals surface area contributed by atoms with Crippen LogP contribution in [0.1, 0.15) is 74.9 Å². The molecular weight excluding hydrogens is 801 g/mol. The molecule has 4 N–H and O–H groups in total. The minimum atomic E-state index is -1.01. The minimum absolute atomic E-state index is 0.111. The van der Waals surface area contributed by atoms with Crippen molar-refractivity contribution in [3.05, 3.63) is 115 Å². The molecule has 2 aromatic heterocycles. The second-order valence-electron chi connectivity index (χ2n) is 16.3. The highest BCUT2D eigenvalue weighted by molar-refractivity contribution is 5.91. The summed E-state index contributed by atoms with van der Waals surface area (Å²) in [7, 11) is 4.08. The molecule has 0 radical (unpaired) electrons. The van der Waals surface area contributed by atoms with E-state index >= 15 is 0 Å². The van der Waals surface area contributed by atoms with Crippen LogP contribution in [0.15, 0.2) is 97.3 Å². The fourth-order valence-corrected chi connectivity index (χ4v) is 8.77. The van der Waals surface area contributed by atoms with Gasteiger partial charge in [-0.1, -0.05) is 80.6 Å². The Kier molecular flexibility index (Phi) is 12.4. The average Bonchev–Trinajstić information content (AvgIpc) is 4.16. The summed E-state index contributed by atoms with van der Waals surface area (Å²) in [4.78, 5) is 72.1. The van der Waals surface area contributed by atoms with Gasteiger partial charge in [-0.25, -0.2) is 19.6 Å². The van der Waals surface area contributed by atoms with Crippen LogP contribution in [-0.2, 0) is 19.1 Å². The van der Waals surface area contributed by atoms with Gasteiger partial charge in [-0.2, -0.15) is 0 Å². The van der Waals surface area contributed by atoms with Crippen LogP contribution in [-0.4, -0.2) is 94.2 Å². The average molecular weight is 853 g/mol. The number of imidazole rings is 2. The molecule has 4 amide bonds. The number of nitrogens with one attached hydrogen (secondary N) is 4.